The minimum atomic E-state index is -3.84. The van der Waals surface area contributed by atoms with Crippen LogP contribution in [0.15, 0.2) is 69.5 Å². The van der Waals surface area contributed by atoms with Crippen LogP contribution in [0.25, 0.3) is 17.4 Å². The molecule has 0 saturated heterocycles. The summed E-state index contributed by atoms with van der Waals surface area (Å²) in [6.07, 6.45) is 1.29. The number of carbonyl (C=O) groups excluding carboxylic acids is 1. The van der Waals surface area contributed by atoms with Crippen molar-refractivity contribution in [2.24, 2.45) is 5.14 Å². The molecule has 0 aliphatic heterocycles. The lowest BCUT2D eigenvalue weighted by Crippen LogP contribution is -2.14. The van der Waals surface area contributed by atoms with E-state index < -0.39 is 15.9 Å². The first-order valence-electron chi connectivity index (χ1n) is 8.28. The van der Waals surface area contributed by atoms with Gasteiger partial charge in [0.15, 0.2) is 0 Å². The van der Waals surface area contributed by atoms with Gasteiger partial charge in [-0.2, -0.15) is 5.26 Å². The zero-order chi connectivity index (χ0) is 21.9. The Bertz CT molecular complexity index is 1290. The van der Waals surface area contributed by atoms with Crippen LogP contribution in [0.5, 0.6) is 0 Å². The fraction of sp³-hybridized carbons (Fsp3) is 0. The molecule has 1 amide bonds. The van der Waals surface area contributed by atoms with Gasteiger partial charge in [-0.1, -0.05) is 23.2 Å². The molecule has 0 spiro atoms. The molecule has 0 radical (unpaired) electrons. The lowest BCUT2D eigenvalue weighted by atomic mass is 10.2. The van der Waals surface area contributed by atoms with Crippen LogP contribution in [0.4, 0.5) is 5.69 Å². The SMILES string of the molecule is N#CC(=Cc1ccc(-c2ccc(Cl)c(Cl)c2)o1)C(=O)Nc1ccc(S(N)(=O)=O)cc1. The maximum atomic E-state index is 12.4. The van der Waals surface area contributed by atoms with Crippen LogP contribution >= 0.6 is 23.2 Å². The Labute approximate surface area is 182 Å². The molecular weight excluding hydrogens is 449 g/mol. The van der Waals surface area contributed by atoms with Crippen LogP contribution in [-0.2, 0) is 14.8 Å². The number of nitrogens with zero attached hydrogens (tertiary/aromatic N) is 1. The highest BCUT2D eigenvalue weighted by molar-refractivity contribution is 7.89. The number of hydrogen-bond donors (Lipinski definition) is 2. The number of carbonyl (C=O) groups is 1. The molecule has 3 rings (SSSR count). The van der Waals surface area contributed by atoms with E-state index in [1.54, 1.807) is 36.4 Å². The number of nitrogens with two attached hydrogens (primary N) is 1. The molecular formula is C20H13Cl2N3O4S. The number of nitrogens with one attached hydrogen (secondary N) is 1. The summed E-state index contributed by atoms with van der Waals surface area (Å²) in [7, 11) is -3.84. The van der Waals surface area contributed by atoms with Crippen molar-refractivity contribution in [3.8, 4) is 17.4 Å². The number of hydrogen-bond acceptors (Lipinski definition) is 5. The van der Waals surface area contributed by atoms with E-state index in [0.29, 0.717) is 27.1 Å². The highest BCUT2D eigenvalue weighted by Crippen LogP contribution is 2.30. The maximum Gasteiger partial charge on any atom is 0.266 e. The van der Waals surface area contributed by atoms with Crippen molar-refractivity contribution in [3.63, 3.8) is 0 Å². The third kappa shape index (κ3) is 5.09. The van der Waals surface area contributed by atoms with Crippen LogP contribution in [0, 0.1) is 11.3 Å². The minimum absolute atomic E-state index is 0.0954. The number of sulfonamides is 1. The first kappa shape index (κ1) is 21.6. The zero-order valence-electron chi connectivity index (χ0n) is 15.1. The summed E-state index contributed by atoms with van der Waals surface area (Å²) < 4.78 is 28.2. The molecule has 152 valence electrons. The maximum absolute atomic E-state index is 12.4. The fourth-order valence-corrected chi connectivity index (χ4v) is 3.27. The third-order valence-electron chi connectivity index (χ3n) is 3.92. The first-order valence-corrected chi connectivity index (χ1v) is 10.6. The number of rotatable bonds is 5. The van der Waals surface area contributed by atoms with E-state index in [9.17, 15) is 18.5 Å². The predicted octanol–water partition coefficient (Wildman–Crippen LogP) is 4.45. The number of benzene rings is 2. The topological polar surface area (TPSA) is 126 Å². The fourth-order valence-electron chi connectivity index (χ4n) is 2.45. The quantitative estimate of drug-likeness (QED) is 0.428. The minimum Gasteiger partial charge on any atom is -0.457 e. The van der Waals surface area contributed by atoms with E-state index in [1.807, 2.05) is 0 Å². The Hall–Kier alpha value is -3.09. The zero-order valence-corrected chi connectivity index (χ0v) is 17.4. The van der Waals surface area contributed by atoms with Crippen LogP contribution in [0.2, 0.25) is 10.0 Å². The molecule has 0 fully saturated rings. The predicted molar refractivity (Wildman–Crippen MR) is 114 cm³/mol. The molecule has 3 N–H and O–H groups in total. The van der Waals surface area contributed by atoms with Crippen LogP contribution < -0.4 is 10.5 Å². The Morgan fingerprint density at radius 1 is 1.07 bits per heavy atom. The van der Waals surface area contributed by atoms with E-state index in [1.165, 1.54) is 30.3 Å². The Kier molecular flexibility index (Phi) is 6.29. The molecule has 2 aromatic carbocycles. The molecule has 7 nitrogen and oxygen atoms in total. The molecule has 3 aromatic rings. The van der Waals surface area contributed by atoms with Crippen molar-refractivity contribution in [3.05, 3.63) is 76.0 Å². The van der Waals surface area contributed by atoms with Crippen molar-refractivity contribution in [1.29, 1.82) is 5.26 Å². The highest BCUT2D eigenvalue weighted by Gasteiger charge is 2.13. The lowest BCUT2D eigenvalue weighted by Gasteiger charge is -2.05. The average molecular weight is 462 g/mol. The Morgan fingerprint density at radius 3 is 2.37 bits per heavy atom. The van der Waals surface area contributed by atoms with E-state index in [2.05, 4.69) is 5.32 Å². The number of nitriles is 1. The van der Waals surface area contributed by atoms with Crippen molar-refractivity contribution < 1.29 is 17.6 Å². The molecule has 0 saturated carbocycles. The number of amides is 1. The Morgan fingerprint density at radius 2 is 1.77 bits per heavy atom. The second kappa shape index (κ2) is 8.73. The molecule has 30 heavy (non-hydrogen) atoms. The second-order valence-electron chi connectivity index (χ2n) is 6.02. The van der Waals surface area contributed by atoms with Crippen molar-refractivity contribution >= 4 is 50.9 Å². The lowest BCUT2D eigenvalue weighted by molar-refractivity contribution is -0.112. The molecule has 10 heteroatoms. The van der Waals surface area contributed by atoms with Crippen molar-refractivity contribution in [2.75, 3.05) is 5.32 Å². The van der Waals surface area contributed by atoms with E-state index >= 15 is 0 Å². The van der Waals surface area contributed by atoms with Crippen LogP contribution in [-0.4, -0.2) is 14.3 Å². The summed E-state index contributed by atoms with van der Waals surface area (Å²) in [5, 5.41) is 17.6. The van der Waals surface area contributed by atoms with Gasteiger partial charge in [0, 0.05) is 17.3 Å². The highest BCUT2D eigenvalue weighted by atomic mass is 35.5. The number of anilines is 1. The van der Waals surface area contributed by atoms with E-state index in [0.717, 1.165) is 0 Å². The van der Waals surface area contributed by atoms with Crippen molar-refractivity contribution in [2.45, 2.75) is 4.90 Å². The summed E-state index contributed by atoms with van der Waals surface area (Å²) in [6.45, 7) is 0. The van der Waals surface area contributed by atoms with Crippen LogP contribution in [0.3, 0.4) is 0 Å². The van der Waals surface area contributed by atoms with Gasteiger partial charge in [0.05, 0.1) is 14.9 Å². The van der Waals surface area contributed by atoms with Gasteiger partial charge in [-0.05, 0) is 54.6 Å². The molecule has 1 aromatic heterocycles. The summed E-state index contributed by atoms with van der Waals surface area (Å²) in [6, 6.07) is 15.3. The van der Waals surface area contributed by atoms with Crippen LogP contribution in [0.1, 0.15) is 5.76 Å². The number of halogens is 2. The molecule has 0 atom stereocenters. The van der Waals surface area contributed by atoms with Gasteiger partial charge >= 0.3 is 0 Å². The van der Waals surface area contributed by atoms with E-state index in [-0.39, 0.29) is 16.2 Å². The smallest absolute Gasteiger partial charge is 0.266 e. The molecule has 1 heterocycles. The van der Waals surface area contributed by atoms with Gasteiger partial charge in [-0.15, -0.1) is 0 Å². The average Bonchev–Trinajstić information content (AvgIpc) is 3.16. The number of furan rings is 1. The van der Waals surface area contributed by atoms with E-state index in [4.69, 9.17) is 32.8 Å². The van der Waals surface area contributed by atoms with Gasteiger partial charge in [0.1, 0.15) is 23.2 Å². The summed E-state index contributed by atoms with van der Waals surface area (Å²) in [4.78, 5) is 12.3. The number of primary sulfonamides is 1. The summed E-state index contributed by atoms with van der Waals surface area (Å²) >= 11 is 11.9. The third-order valence-corrected chi connectivity index (χ3v) is 5.59. The standard InChI is InChI=1S/C20H13Cl2N3O4S/c21-17-7-1-12(10-18(17)22)19-8-4-15(29-19)9-13(11-23)20(26)25-14-2-5-16(6-3-14)30(24,27)28/h1-10H,(H,25,26)(H2,24,27,28). The molecule has 0 aliphatic rings. The van der Waals surface area contributed by atoms with Gasteiger partial charge in [-0.3, -0.25) is 4.79 Å². The molecule has 0 bridgehead atoms. The van der Waals surface area contributed by atoms with Crippen molar-refractivity contribution in [1.82, 2.24) is 0 Å². The largest absolute Gasteiger partial charge is 0.457 e. The monoisotopic (exact) mass is 461 g/mol. The Balaban J connectivity index is 1.78. The van der Waals surface area contributed by atoms with Gasteiger partial charge in [-0.25, -0.2) is 13.6 Å². The summed E-state index contributed by atoms with van der Waals surface area (Å²) in [5.41, 5.74) is 0.770. The van der Waals surface area contributed by atoms with Gasteiger partial charge in [0.25, 0.3) is 5.91 Å². The second-order valence-corrected chi connectivity index (χ2v) is 8.40. The summed E-state index contributed by atoms with van der Waals surface area (Å²) in [5.74, 6) is 0.0804. The van der Waals surface area contributed by atoms with Gasteiger partial charge in [0.2, 0.25) is 10.0 Å². The molecule has 0 unspecified atom stereocenters. The van der Waals surface area contributed by atoms with Gasteiger partial charge < -0.3 is 9.73 Å². The molecule has 0 aliphatic carbocycles. The normalized spacial score (nSPS) is 11.7. The first-order chi connectivity index (χ1) is 14.2.